The minimum atomic E-state index is -0.382. The monoisotopic (exact) mass is 380 g/mol. The van der Waals surface area contributed by atoms with Crippen LogP contribution in [0.25, 0.3) is 0 Å². The number of rotatable bonds is 4. The molecule has 144 valence electrons. The standard InChI is InChI=1S/C19H20N6O3/c1-2-3-12-28-19(27)25-10-8-24(9-11-25)17-14-20-13-15(22-17)18(26)23-16-6-4-5-7-21-16/h4-7,13-14H,8-12H2,1H3,(H,21,23,26). The summed E-state index contributed by atoms with van der Waals surface area (Å²) in [5.74, 6) is 6.02. The number of anilines is 2. The third-order valence-corrected chi connectivity index (χ3v) is 4.07. The average molecular weight is 380 g/mol. The number of carbonyl (C=O) groups is 2. The molecule has 0 atom stereocenters. The van der Waals surface area contributed by atoms with E-state index in [-0.39, 0.29) is 24.3 Å². The largest absolute Gasteiger partial charge is 0.436 e. The van der Waals surface area contributed by atoms with Gasteiger partial charge in [0.2, 0.25) is 0 Å². The molecule has 1 aliphatic rings. The van der Waals surface area contributed by atoms with Crippen molar-refractivity contribution >= 4 is 23.6 Å². The molecule has 9 heteroatoms. The summed E-state index contributed by atoms with van der Waals surface area (Å²) in [5, 5.41) is 2.68. The fourth-order valence-corrected chi connectivity index (χ4v) is 2.61. The Labute approximate surface area is 162 Å². The molecule has 0 aromatic carbocycles. The quantitative estimate of drug-likeness (QED) is 0.800. The van der Waals surface area contributed by atoms with Crippen LogP contribution >= 0.6 is 0 Å². The van der Waals surface area contributed by atoms with Crippen molar-refractivity contribution in [2.45, 2.75) is 6.92 Å². The summed E-state index contributed by atoms with van der Waals surface area (Å²) in [5.41, 5.74) is 0.197. The molecule has 1 saturated heterocycles. The van der Waals surface area contributed by atoms with Crippen molar-refractivity contribution in [2.24, 2.45) is 0 Å². The van der Waals surface area contributed by atoms with Gasteiger partial charge >= 0.3 is 6.09 Å². The highest BCUT2D eigenvalue weighted by atomic mass is 16.6. The van der Waals surface area contributed by atoms with Crippen molar-refractivity contribution in [3.05, 3.63) is 42.5 Å². The minimum absolute atomic E-state index is 0.0917. The summed E-state index contributed by atoms with van der Waals surface area (Å²) in [4.78, 5) is 40.5. The highest BCUT2D eigenvalue weighted by Crippen LogP contribution is 2.14. The van der Waals surface area contributed by atoms with Crippen molar-refractivity contribution in [1.29, 1.82) is 0 Å². The number of ether oxygens (including phenoxy) is 1. The molecule has 2 aromatic heterocycles. The van der Waals surface area contributed by atoms with Crippen molar-refractivity contribution in [1.82, 2.24) is 19.9 Å². The van der Waals surface area contributed by atoms with Gasteiger partial charge in [-0.3, -0.25) is 9.78 Å². The maximum Gasteiger partial charge on any atom is 0.410 e. The predicted octanol–water partition coefficient (Wildman–Crippen LogP) is 1.41. The summed E-state index contributed by atoms with van der Waals surface area (Å²) in [6.07, 6.45) is 4.22. The number of nitrogens with zero attached hydrogens (tertiary/aromatic N) is 5. The summed E-state index contributed by atoms with van der Waals surface area (Å²) < 4.78 is 5.08. The first-order valence-electron chi connectivity index (χ1n) is 8.78. The van der Waals surface area contributed by atoms with E-state index in [2.05, 4.69) is 32.1 Å². The molecule has 1 fully saturated rings. The third kappa shape index (κ3) is 4.94. The minimum Gasteiger partial charge on any atom is -0.436 e. The molecular weight excluding hydrogens is 360 g/mol. The van der Waals surface area contributed by atoms with Gasteiger partial charge in [0.1, 0.15) is 17.3 Å². The van der Waals surface area contributed by atoms with Gasteiger partial charge in [-0.1, -0.05) is 12.0 Å². The smallest absolute Gasteiger partial charge is 0.410 e. The second kappa shape index (κ2) is 9.32. The summed E-state index contributed by atoms with van der Waals surface area (Å²) in [6.45, 7) is 3.89. The second-order valence-electron chi connectivity index (χ2n) is 5.89. The van der Waals surface area contributed by atoms with E-state index in [1.165, 1.54) is 6.20 Å². The SMILES string of the molecule is CC#CCOC(=O)N1CCN(c2cncc(C(=O)Nc3ccccn3)n2)CC1. The van der Waals surface area contributed by atoms with Crippen LogP contribution in [-0.4, -0.2) is 64.6 Å². The van der Waals surface area contributed by atoms with Crippen LogP contribution in [0.5, 0.6) is 0 Å². The lowest BCUT2D eigenvalue weighted by atomic mass is 10.3. The van der Waals surface area contributed by atoms with E-state index in [9.17, 15) is 9.59 Å². The highest BCUT2D eigenvalue weighted by Gasteiger charge is 2.23. The van der Waals surface area contributed by atoms with Crippen LogP contribution in [0.3, 0.4) is 0 Å². The maximum absolute atomic E-state index is 12.4. The van der Waals surface area contributed by atoms with E-state index in [0.717, 1.165) is 0 Å². The number of pyridine rings is 1. The number of carbonyl (C=O) groups excluding carboxylic acids is 2. The van der Waals surface area contributed by atoms with E-state index in [1.54, 1.807) is 42.4 Å². The van der Waals surface area contributed by atoms with Gasteiger partial charge < -0.3 is 19.9 Å². The fraction of sp³-hybridized carbons (Fsp3) is 0.316. The summed E-state index contributed by atoms with van der Waals surface area (Å²) in [7, 11) is 0. The maximum atomic E-state index is 12.4. The van der Waals surface area contributed by atoms with E-state index < -0.39 is 0 Å². The van der Waals surface area contributed by atoms with Crippen LogP contribution in [0.2, 0.25) is 0 Å². The lowest BCUT2D eigenvalue weighted by Gasteiger charge is -2.34. The molecule has 3 heterocycles. The lowest BCUT2D eigenvalue weighted by molar-refractivity contribution is 0.102. The van der Waals surface area contributed by atoms with E-state index in [1.807, 2.05) is 4.90 Å². The molecule has 3 rings (SSSR count). The number of aromatic nitrogens is 3. The Morgan fingerprint density at radius 2 is 2.04 bits per heavy atom. The molecular formula is C19H20N6O3. The van der Waals surface area contributed by atoms with Gasteiger partial charge in [0, 0.05) is 32.4 Å². The molecule has 9 nitrogen and oxygen atoms in total. The first kappa shape index (κ1) is 19.1. The van der Waals surface area contributed by atoms with Gasteiger partial charge in [-0.15, -0.1) is 5.92 Å². The van der Waals surface area contributed by atoms with Crippen LogP contribution in [0.15, 0.2) is 36.8 Å². The Balaban J connectivity index is 1.58. The second-order valence-corrected chi connectivity index (χ2v) is 5.89. The zero-order valence-corrected chi connectivity index (χ0v) is 15.5. The van der Waals surface area contributed by atoms with Crippen molar-refractivity contribution < 1.29 is 14.3 Å². The molecule has 2 amide bonds. The molecule has 0 spiro atoms. The van der Waals surface area contributed by atoms with Gasteiger partial charge in [-0.25, -0.2) is 14.8 Å². The van der Waals surface area contributed by atoms with Gasteiger partial charge in [0.25, 0.3) is 5.91 Å². The molecule has 28 heavy (non-hydrogen) atoms. The van der Waals surface area contributed by atoms with Gasteiger partial charge in [-0.2, -0.15) is 0 Å². The average Bonchev–Trinajstić information content (AvgIpc) is 2.75. The molecule has 1 N–H and O–H groups in total. The molecule has 2 aromatic rings. The van der Waals surface area contributed by atoms with Crippen molar-refractivity contribution in [3.8, 4) is 11.8 Å². The number of piperazine rings is 1. The highest BCUT2D eigenvalue weighted by molar-refractivity contribution is 6.02. The number of hydrogen-bond acceptors (Lipinski definition) is 7. The first-order chi connectivity index (χ1) is 13.7. The molecule has 0 bridgehead atoms. The van der Waals surface area contributed by atoms with Crippen LogP contribution in [0.1, 0.15) is 17.4 Å². The third-order valence-electron chi connectivity index (χ3n) is 4.07. The van der Waals surface area contributed by atoms with E-state index >= 15 is 0 Å². The van der Waals surface area contributed by atoms with Gasteiger partial charge in [0.15, 0.2) is 6.61 Å². The predicted molar refractivity (Wildman–Crippen MR) is 103 cm³/mol. The van der Waals surface area contributed by atoms with Gasteiger partial charge in [0.05, 0.1) is 12.4 Å². The molecule has 0 aliphatic carbocycles. The van der Waals surface area contributed by atoms with Gasteiger partial charge in [-0.05, 0) is 19.1 Å². The Hall–Kier alpha value is -3.67. The van der Waals surface area contributed by atoms with Crippen LogP contribution in [0.4, 0.5) is 16.4 Å². The normalized spacial score (nSPS) is 13.3. The summed E-state index contributed by atoms with van der Waals surface area (Å²) >= 11 is 0. The Morgan fingerprint density at radius 3 is 2.75 bits per heavy atom. The molecule has 1 aliphatic heterocycles. The van der Waals surface area contributed by atoms with Crippen LogP contribution in [0, 0.1) is 11.8 Å². The lowest BCUT2D eigenvalue weighted by Crippen LogP contribution is -2.49. The van der Waals surface area contributed by atoms with Crippen LogP contribution < -0.4 is 10.2 Å². The Morgan fingerprint density at radius 1 is 1.21 bits per heavy atom. The fourth-order valence-electron chi connectivity index (χ4n) is 2.61. The van der Waals surface area contributed by atoms with Crippen molar-refractivity contribution in [2.75, 3.05) is 43.0 Å². The molecule has 0 radical (unpaired) electrons. The first-order valence-corrected chi connectivity index (χ1v) is 8.78. The Kier molecular flexibility index (Phi) is 6.36. The van der Waals surface area contributed by atoms with E-state index in [0.29, 0.717) is 37.8 Å². The van der Waals surface area contributed by atoms with Crippen molar-refractivity contribution in [3.63, 3.8) is 0 Å². The summed E-state index contributed by atoms with van der Waals surface area (Å²) in [6, 6.07) is 5.24. The zero-order chi connectivity index (χ0) is 19.8. The number of nitrogens with one attached hydrogen (secondary N) is 1. The number of hydrogen-bond donors (Lipinski definition) is 1. The van der Waals surface area contributed by atoms with Crippen LogP contribution in [-0.2, 0) is 4.74 Å². The van der Waals surface area contributed by atoms with E-state index in [4.69, 9.17) is 4.74 Å². The molecule has 0 saturated carbocycles. The number of amides is 2. The Bertz CT molecular complexity index is 885. The molecule has 0 unspecified atom stereocenters. The topological polar surface area (TPSA) is 101 Å². The zero-order valence-electron chi connectivity index (χ0n) is 15.5.